The van der Waals surface area contributed by atoms with Gasteiger partial charge in [-0.1, -0.05) is 19.3 Å². The molecular weight excluding hydrogens is 206 g/mol. The van der Waals surface area contributed by atoms with Crippen molar-refractivity contribution < 1.29 is 9.66 Å². The van der Waals surface area contributed by atoms with Crippen LogP contribution in [0.25, 0.3) is 0 Å². The lowest BCUT2D eigenvalue weighted by atomic mass is 10.2. The van der Waals surface area contributed by atoms with Gasteiger partial charge in [-0.2, -0.15) is 0 Å². The van der Waals surface area contributed by atoms with E-state index in [9.17, 15) is 10.1 Å². The van der Waals surface area contributed by atoms with E-state index in [1.807, 2.05) is 6.92 Å². The van der Waals surface area contributed by atoms with Crippen molar-refractivity contribution >= 4 is 5.69 Å². The monoisotopic (exact) mass is 219 g/mol. The van der Waals surface area contributed by atoms with E-state index in [4.69, 9.17) is 11.2 Å². The fourth-order valence-electron chi connectivity index (χ4n) is 1.25. The summed E-state index contributed by atoms with van der Waals surface area (Å²) in [6.07, 6.45) is 6.73. The van der Waals surface area contributed by atoms with Crippen LogP contribution in [-0.2, 0) is 0 Å². The van der Waals surface area contributed by atoms with Gasteiger partial charge in [0, 0.05) is 12.1 Å². The molecule has 0 saturated carbocycles. The molecule has 0 N–H and O–H groups in total. The molecule has 0 aromatic heterocycles. The van der Waals surface area contributed by atoms with E-state index in [0.29, 0.717) is 5.75 Å². The second kappa shape index (κ2) is 5.76. The molecule has 0 amide bonds. The second-order valence-electron chi connectivity index (χ2n) is 3.31. The van der Waals surface area contributed by atoms with E-state index < -0.39 is 4.92 Å². The van der Waals surface area contributed by atoms with Crippen LogP contribution in [0.3, 0.4) is 0 Å². The van der Waals surface area contributed by atoms with Crippen LogP contribution in [0.15, 0.2) is 24.3 Å². The number of terminal acetylenes is 1. The Hall–Kier alpha value is -2.02. The zero-order valence-electron chi connectivity index (χ0n) is 9.05. The summed E-state index contributed by atoms with van der Waals surface area (Å²) in [7, 11) is 0. The van der Waals surface area contributed by atoms with Gasteiger partial charge >= 0.3 is 0 Å². The van der Waals surface area contributed by atoms with E-state index in [1.165, 1.54) is 12.1 Å². The summed E-state index contributed by atoms with van der Waals surface area (Å²) in [6.45, 7) is 2.02. The summed E-state index contributed by atoms with van der Waals surface area (Å²) in [5.41, 5.74) is 0.0418. The molecule has 0 bridgehead atoms. The lowest BCUT2D eigenvalue weighted by molar-refractivity contribution is -0.384. The third-order valence-electron chi connectivity index (χ3n) is 2.06. The first-order valence-corrected chi connectivity index (χ1v) is 5.04. The summed E-state index contributed by atoms with van der Waals surface area (Å²) in [6, 6.07) is 5.90. The molecule has 0 heterocycles. The van der Waals surface area contributed by atoms with Crippen molar-refractivity contribution in [2.45, 2.75) is 25.9 Å². The molecule has 0 spiro atoms. The van der Waals surface area contributed by atoms with E-state index in [2.05, 4.69) is 5.92 Å². The Morgan fingerprint density at radius 1 is 1.50 bits per heavy atom. The Bertz CT molecular complexity index is 392. The predicted molar refractivity (Wildman–Crippen MR) is 61.3 cm³/mol. The van der Waals surface area contributed by atoms with Crippen molar-refractivity contribution in [3.8, 4) is 18.1 Å². The molecule has 0 aliphatic heterocycles. The highest BCUT2D eigenvalue weighted by atomic mass is 16.6. The Morgan fingerprint density at radius 2 is 2.12 bits per heavy atom. The first kappa shape index (κ1) is 12.1. The van der Waals surface area contributed by atoms with E-state index in [0.717, 1.165) is 12.8 Å². The van der Waals surface area contributed by atoms with Gasteiger partial charge in [0.15, 0.2) is 6.10 Å². The van der Waals surface area contributed by atoms with Gasteiger partial charge in [-0.05, 0) is 18.6 Å². The molecule has 4 nitrogen and oxygen atoms in total. The molecule has 16 heavy (non-hydrogen) atoms. The molecule has 0 saturated heterocycles. The SMILES string of the molecule is C#CC(CCC)Oc1ccc([N+](=O)[O-])cc1. The Labute approximate surface area is 94.4 Å². The van der Waals surface area contributed by atoms with Crippen LogP contribution < -0.4 is 4.74 Å². The molecule has 0 aliphatic rings. The van der Waals surface area contributed by atoms with Gasteiger partial charge in [0.05, 0.1) is 4.92 Å². The van der Waals surface area contributed by atoms with Crippen molar-refractivity contribution in [3.05, 3.63) is 34.4 Å². The van der Waals surface area contributed by atoms with Crippen molar-refractivity contribution in [1.29, 1.82) is 0 Å². The maximum atomic E-state index is 10.4. The minimum atomic E-state index is -0.450. The topological polar surface area (TPSA) is 52.4 Å². The average molecular weight is 219 g/mol. The van der Waals surface area contributed by atoms with Gasteiger partial charge in [0.25, 0.3) is 5.69 Å². The second-order valence-corrected chi connectivity index (χ2v) is 3.31. The van der Waals surface area contributed by atoms with Crippen LogP contribution in [0.5, 0.6) is 5.75 Å². The number of benzene rings is 1. The molecule has 0 aliphatic carbocycles. The quantitative estimate of drug-likeness (QED) is 0.434. The summed E-state index contributed by atoms with van der Waals surface area (Å²) >= 11 is 0. The fraction of sp³-hybridized carbons (Fsp3) is 0.333. The van der Waals surface area contributed by atoms with Gasteiger partial charge in [0.1, 0.15) is 5.75 Å². The molecule has 1 aromatic rings. The summed E-state index contributed by atoms with van der Waals surface area (Å²) in [5.74, 6) is 3.09. The van der Waals surface area contributed by atoms with Crippen LogP contribution >= 0.6 is 0 Å². The third-order valence-corrected chi connectivity index (χ3v) is 2.06. The zero-order valence-corrected chi connectivity index (χ0v) is 9.05. The number of nitrogens with zero attached hydrogens (tertiary/aromatic N) is 1. The summed E-state index contributed by atoms with van der Waals surface area (Å²) in [4.78, 5) is 9.98. The minimum absolute atomic E-state index is 0.0418. The van der Waals surface area contributed by atoms with Gasteiger partial charge in [0.2, 0.25) is 0 Å². The molecule has 0 fully saturated rings. The number of non-ortho nitro benzene ring substituents is 1. The number of ether oxygens (including phenoxy) is 1. The Morgan fingerprint density at radius 3 is 2.56 bits per heavy atom. The van der Waals surface area contributed by atoms with Crippen LogP contribution in [0.1, 0.15) is 19.8 Å². The van der Waals surface area contributed by atoms with Gasteiger partial charge in [-0.15, -0.1) is 6.42 Å². The van der Waals surface area contributed by atoms with Crippen LogP contribution in [0.2, 0.25) is 0 Å². The van der Waals surface area contributed by atoms with E-state index in [-0.39, 0.29) is 11.8 Å². The maximum absolute atomic E-state index is 10.4. The normalized spacial score (nSPS) is 11.5. The standard InChI is InChI=1S/C12H13NO3/c1-3-5-11(4-2)16-12-8-6-10(7-9-12)13(14)15/h2,6-9,11H,3,5H2,1H3. The van der Waals surface area contributed by atoms with Crippen molar-refractivity contribution in [2.75, 3.05) is 0 Å². The highest BCUT2D eigenvalue weighted by Gasteiger charge is 2.08. The fourth-order valence-corrected chi connectivity index (χ4v) is 1.25. The number of hydrogen-bond acceptors (Lipinski definition) is 3. The molecule has 1 aromatic carbocycles. The maximum Gasteiger partial charge on any atom is 0.269 e. The van der Waals surface area contributed by atoms with E-state index in [1.54, 1.807) is 12.1 Å². The van der Waals surface area contributed by atoms with Gasteiger partial charge in [-0.25, -0.2) is 0 Å². The molecule has 1 unspecified atom stereocenters. The zero-order chi connectivity index (χ0) is 12.0. The molecule has 84 valence electrons. The van der Waals surface area contributed by atoms with Crippen molar-refractivity contribution in [1.82, 2.24) is 0 Å². The highest BCUT2D eigenvalue weighted by Crippen LogP contribution is 2.19. The Kier molecular flexibility index (Phi) is 4.34. The molecular formula is C12H13NO3. The van der Waals surface area contributed by atoms with E-state index >= 15 is 0 Å². The van der Waals surface area contributed by atoms with Gasteiger partial charge < -0.3 is 4.74 Å². The number of nitro groups is 1. The van der Waals surface area contributed by atoms with Crippen LogP contribution in [0.4, 0.5) is 5.69 Å². The summed E-state index contributed by atoms with van der Waals surface area (Å²) < 4.78 is 5.48. The Balaban J connectivity index is 2.68. The van der Waals surface area contributed by atoms with Crippen molar-refractivity contribution in [2.24, 2.45) is 0 Å². The largest absolute Gasteiger partial charge is 0.478 e. The molecule has 4 heteroatoms. The molecule has 0 radical (unpaired) electrons. The lowest BCUT2D eigenvalue weighted by Gasteiger charge is -2.12. The van der Waals surface area contributed by atoms with Gasteiger partial charge in [-0.3, -0.25) is 10.1 Å². The number of rotatable bonds is 5. The lowest BCUT2D eigenvalue weighted by Crippen LogP contribution is -2.13. The first-order valence-electron chi connectivity index (χ1n) is 5.04. The molecule has 1 atom stereocenters. The third kappa shape index (κ3) is 3.28. The summed E-state index contributed by atoms with van der Waals surface area (Å²) in [5, 5.41) is 10.4. The first-order chi connectivity index (χ1) is 7.67. The van der Waals surface area contributed by atoms with Crippen LogP contribution in [0, 0.1) is 22.5 Å². The van der Waals surface area contributed by atoms with Crippen molar-refractivity contribution in [3.63, 3.8) is 0 Å². The highest BCUT2D eigenvalue weighted by molar-refractivity contribution is 5.36. The number of nitro benzene ring substituents is 1. The smallest absolute Gasteiger partial charge is 0.269 e. The van der Waals surface area contributed by atoms with Crippen LogP contribution in [-0.4, -0.2) is 11.0 Å². The molecule has 1 rings (SSSR count). The average Bonchev–Trinajstić information content (AvgIpc) is 2.29. The number of hydrogen-bond donors (Lipinski definition) is 0. The minimum Gasteiger partial charge on any atom is -0.478 e. The predicted octanol–water partition coefficient (Wildman–Crippen LogP) is 2.78.